The lowest BCUT2D eigenvalue weighted by molar-refractivity contribution is 0.664. The highest BCUT2D eigenvalue weighted by Crippen LogP contribution is 1.98. The molecular formula is C8H14. The molecule has 0 rings (SSSR count). The Morgan fingerprint density at radius 3 is 2.50 bits per heavy atom. The minimum Gasteiger partial charge on any atom is -0.0991 e. The van der Waals surface area contributed by atoms with Gasteiger partial charge >= 0.3 is 0 Å². The van der Waals surface area contributed by atoms with Crippen molar-refractivity contribution < 1.29 is 0 Å². The van der Waals surface area contributed by atoms with E-state index in [4.69, 9.17) is 0 Å². The highest BCUT2D eigenvalue weighted by Gasteiger charge is 1.84. The molecule has 0 aliphatic carbocycles. The lowest BCUT2D eigenvalue weighted by atomic mass is 10.1. The van der Waals surface area contributed by atoms with E-state index in [0.29, 0.717) is 0 Å². The zero-order chi connectivity index (χ0) is 6.41. The van der Waals surface area contributed by atoms with Crippen molar-refractivity contribution in [2.24, 2.45) is 5.92 Å². The van der Waals surface area contributed by atoms with Crippen LogP contribution in [0, 0.1) is 5.92 Å². The fourth-order valence-electron chi connectivity index (χ4n) is 0.447. The largest absolute Gasteiger partial charge is 0.0991 e. The molecule has 0 nitrogen and oxygen atoms in total. The van der Waals surface area contributed by atoms with Crippen LogP contribution < -0.4 is 0 Å². The Kier molecular flexibility index (Phi) is 4.33. The Labute approximate surface area is 51.9 Å². The molecule has 0 heterocycles. The zero-order valence-corrected chi connectivity index (χ0v) is 5.72. The van der Waals surface area contributed by atoms with Crippen molar-refractivity contribution in [1.29, 1.82) is 0 Å². The smallest absolute Gasteiger partial charge is 0.0324 e. The van der Waals surface area contributed by atoms with E-state index in [2.05, 4.69) is 26.5 Å². The van der Waals surface area contributed by atoms with Gasteiger partial charge in [0.2, 0.25) is 0 Å². The maximum atomic E-state index is 3.57. The molecule has 8 heavy (non-hydrogen) atoms. The predicted molar refractivity (Wildman–Crippen MR) is 38.8 cm³/mol. The van der Waals surface area contributed by atoms with E-state index < -0.39 is 0 Å². The molecule has 0 bridgehead atoms. The third-order valence-corrected chi connectivity index (χ3v) is 0.880. The summed E-state index contributed by atoms with van der Waals surface area (Å²) in [5.74, 6) is 0.770. The average molecular weight is 110 g/mol. The van der Waals surface area contributed by atoms with E-state index in [-0.39, 0.29) is 0 Å². The monoisotopic (exact) mass is 110 g/mol. The first-order valence-corrected chi connectivity index (χ1v) is 3.05. The molecule has 0 N–H and O–H groups in total. The highest BCUT2D eigenvalue weighted by atomic mass is 13.9. The summed E-state index contributed by atoms with van der Waals surface area (Å²) in [4.78, 5) is 0. The van der Waals surface area contributed by atoms with Gasteiger partial charge in [0.15, 0.2) is 0 Å². The van der Waals surface area contributed by atoms with Gasteiger partial charge in [-0.15, -0.1) is 0 Å². The predicted octanol–water partition coefficient (Wildman–Crippen LogP) is 2.77. The Morgan fingerprint density at radius 2 is 2.12 bits per heavy atom. The molecule has 0 spiro atoms. The van der Waals surface area contributed by atoms with Gasteiger partial charge in [-0.1, -0.05) is 38.7 Å². The van der Waals surface area contributed by atoms with Crippen molar-refractivity contribution in [2.45, 2.75) is 20.3 Å². The maximum absolute atomic E-state index is 3.57. The van der Waals surface area contributed by atoms with E-state index in [1.807, 2.05) is 12.2 Å². The average Bonchev–Trinajstić information content (AvgIpc) is 1.66. The van der Waals surface area contributed by atoms with Crippen molar-refractivity contribution in [3.8, 4) is 0 Å². The molecule has 0 radical (unpaired) electrons. The Bertz CT molecular complexity index is 78.0. The first-order valence-electron chi connectivity index (χ1n) is 3.05. The highest BCUT2D eigenvalue weighted by molar-refractivity contribution is 4.97. The second kappa shape index (κ2) is 4.63. The Morgan fingerprint density at radius 1 is 1.50 bits per heavy atom. The number of hydrogen-bond acceptors (Lipinski definition) is 0. The normalized spacial score (nSPS) is 10.9. The van der Waals surface area contributed by atoms with Crippen LogP contribution in [0.3, 0.4) is 0 Å². The topological polar surface area (TPSA) is 0 Å². The Balaban J connectivity index is 3.15. The summed E-state index contributed by atoms with van der Waals surface area (Å²) in [6.07, 6.45) is 7.09. The maximum Gasteiger partial charge on any atom is -0.0324 e. The van der Waals surface area contributed by atoms with Crippen molar-refractivity contribution in [3.05, 3.63) is 24.8 Å². The van der Waals surface area contributed by atoms with Crippen molar-refractivity contribution in [2.75, 3.05) is 0 Å². The first-order chi connectivity index (χ1) is 3.77. The third-order valence-electron chi connectivity index (χ3n) is 0.880. The van der Waals surface area contributed by atoms with Gasteiger partial charge in [-0.25, -0.2) is 0 Å². The second-order valence-corrected chi connectivity index (χ2v) is 2.29. The summed E-state index contributed by atoms with van der Waals surface area (Å²) in [5, 5.41) is 0. The van der Waals surface area contributed by atoms with Crippen LogP contribution in [0.15, 0.2) is 24.8 Å². The summed E-state index contributed by atoms with van der Waals surface area (Å²) in [5.41, 5.74) is 0. The van der Waals surface area contributed by atoms with Crippen molar-refractivity contribution in [3.63, 3.8) is 0 Å². The number of rotatable bonds is 3. The van der Waals surface area contributed by atoms with E-state index >= 15 is 0 Å². The lowest BCUT2D eigenvalue weighted by Crippen LogP contribution is -1.79. The number of allylic oxidation sites excluding steroid dienone is 3. The quantitative estimate of drug-likeness (QED) is 0.490. The molecule has 0 aliphatic heterocycles. The standard InChI is InChI=1S/C8H14/c1-4-5-6-7-8(2)3/h4-6,8H,1,7H2,2-3H3/b6-5-. The molecule has 0 heteroatoms. The fourth-order valence-corrected chi connectivity index (χ4v) is 0.447. The molecule has 0 amide bonds. The van der Waals surface area contributed by atoms with Crippen LogP contribution in [0.1, 0.15) is 20.3 Å². The molecule has 0 saturated heterocycles. The minimum atomic E-state index is 0.770. The molecule has 0 atom stereocenters. The Hall–Kier alpha value is -0.520. The van der Waals surface area contributed by atoms with Gasteiger partial charge < -0.3 is 0 Å². The number of hydrogen-bond donors (Lipinski definition) is 0. The molecule has 0 unspecified atom stereocenters. The van der Waals surface area contributed by atoms with Gasteiger partial charge in [0, 0.05) is 0 Å². The van der Waals surface area contributed by atoms with E-state index in [1.54, 1.807) is 0 Å². The minimum absolute atomic E-state index is 0.770. The van der Waals surface area contributed by atoms with Crippen LogP contribution >= 0.6 is 0 Å². The SMILES string of the molecule is C=C/C=C\CC(C)C. The molecule has 0 saturated carbocycles. The van der Waals surface area contributed by atoms with Crippen molar-refractivity contribution >= 4 is 0 Å². The molecule has 0 aliphatic rings. The summed E-state index contributed by atoms with van der Waals surface area (Å²) in [6.45, 7) is 7.97. The summed E-state index contributed by atoms with van der Waals surface area (Å²) < 4.78 is 0. The van der Waals surface area contributed by atoms with Gasteiger partial charge in [-0.05, 0) is 12.3 Å². The molecule has 0 fully saturated rings. The van der Waals surface area contributed by atoms with Gasteiger partial charge in [0.05, 0.1) is 0 Å². The summed E-state index contributed by atoms with van der Waals surface area (Å²) in [6, 6.07) is 0. The summed E-state index contributed by atoms with van der Waals surface area (Å²) in [7, 11) is 0. The van der Waals surface area contributed by atoms with Crippen LogP contribution in [0.25, 0.3) is 0 Å². The third kappa shape index (κ3) is 5.48. The van der Waals surface area contributed by atoms with Gasteiger partial charge in [-0.2, -0.15) is 0 Å². The van der Waals surface area contributed by atoms with E-state index in [0.717, 1.165) is 12.3 Å². The van der Waals surface area contributed by atoms with Crippen LogP contribution in [-0.4, -0.2) is 0 Å². The molecule has 0 aromatic rings. The van der Waals surface area contributed by atoms with E-state index in [9.17, 15) is 0 Å². The molecule has 0 aromatic heterocycles. The first kappa shape index (κ1) is 7.48. The van der Waals surface area contributed by atoms with Crippen molar-refractivity contribution in [1.82, 2.24) is 0 Å². The summed E-state index contributed by atoms with van der Waals surface area (Å²) >= 11 is 0. The van der Waals surface area contributed by atoms with Crippen LogP contribution in [-0.2, 0) is 0 Å². The lowest BCUT2D eigenvalue weighted by Gasteiger charge is -1.93. The van der Waals surface area contributed by atoms with E-state index in [1.165, 1.54) is 0 Å². The molecule has 46 valence electrons. The van der Waals surface area contributed by atoms with Crippen LogP contribution in [0.5, 0.6) is 0 Å². The fraction of sp³-hybridized carbons (Fsp3) is 0.500. The molecule has 0 aromatic carbocycles. The zero-order valence-electron chi connectivity index (χ0n) is 5.72. The van der Waals surface area contributed by atoms with Gasteiger partial charge in [0.25, 0.3) is 0 Å². The molecular weight excluding hydrogens is 96.1 g/mol. The van der Waals surface area contributed by atoms with Crippen LogP contribution in [0.4, 0.5) is 0 Å². The second-order valence-electron chi connectivity index (χ2n) is 2.29. The van der Waals surface area contributed by atoms with Gasteiger partial charge in [0.1, 0.15) is 0 Å². The van der Waals surface area contributed by atoms with Gasteiger partial charge in [-0.3, -0.25) is 0 Å². The van der Waals surface area contributed by atoms with Crippen LogP contribution in [0.2, 0.25) is 0 Å².